The molecule has 13 nitrogen and oxygen atoms in total. The first kappa shape index (κ1) is 34.0. The Morgan fingerprint density at radius 3 is 2.40 bits per heavy atom. The number of esters is 1. The highest BCUT2D eigenvalue weighted by atomic mass is 16.7. The average Bonchev–Trinajstić information content (AvgIpc) is 3.57. The van der Waals surface area contributed by atoms with Crippen molar-refractivity contribution in [3.05, 3.63) is 11.6 Å². The van der Waals surface area contributed by atoms with E-state index in [0.29, 0.717) is 44.9 Å². The zero-order valence-corrected chi connectivity index (χ0v) is 27.1. The Morgan fingerprint density at radius 1 is 0.936 bits per heavy atom. The lowest BCUT2D eigenvalue weighted by Gasteiger charge is -2.65. The van der Waals surface area contributed by atoms with Crippen LogP contribution >= 0.6 is 0 Å². The molecular weight excluding hydrogens is 616 g/mol. The molecule has 3 unspecified atom stereocenters. The average molecular weight is 667 g/mol. The highest BCUT2D eigenvalue weighted by molar-refractivity contribution is 5.85. The van der Waals surface area contributed by atoms with Gasteiger partial charge in [0.25, 0.3) is 0 Å². The molecule has 0 aromatic rings. The summed E-state index contributed by atoms with van der Waals surface area (Å²) in [6.45, 7) is 3.86. The van der Waals surface area contributed by atoms with Crippen molar-refractivity contribution in [1.29, 1.82) is 0 Å². The van der Waals surface area contributed by atoms with Crippen LogP contribution in [0.5, 0.6) is 0 Å². The van der Waals surface area contributed by atoms with Gasteiger partial charge in [0.2, 0.25) is 0 Å². The third-order valence-corrected chi connectivity index (χ3v) is 13.6. The third-order valence-electron chi connectivity index (χ3n) is 13.6. The lowest BCUT2D eigenvalue weighted by Crippen LogP contribution is -2.69. The summed E-state index contributed by atoms with van der Waals surface area (Å²) in [5, 5.41) is 65.7. The Morgan fingerprint density at radius 2 is 1.70 bits per heavy atom. The van der Waals surface area contributed by atoms with Crippen molar-refractivity contribution >= 4 is 12.3 Å². The van der Waals surface area contributed by atoms with E-state index in [1.807, 2.05) is 0 Å². The normalized spacial score (nSPS) is 54.6. The second-order valence-corrected chi connectivity index (χ2v) is 15.7. The second-order valence-electron chi connectivity index (χ2n) is 15.7. The van der Waals surface area contributed by atoms with Crippen LogP contribution in [0.15, 0.2) is 11.6 Å². The Kier molecular flexibility index (Phi) is 8.72. The van der Waals surface area contributed by atoms with Gasteiger partial charge in [-0.3, -0.25) is 0 Å². The van der Waals surface area contributed by atoms with Gasteiger partial charge in [0.1, 0.15) is 37.3 Å². The molecule has 0 aromatic heterocycles. The van der Waals surface area contributed by atoms with E-state index >= 15 is 0 Å². The number of rotatable bonds is 6. The molecule has 0 radical (unpaired) electrons. The molecule has 264 valence electrons. The van der Waals surface area contributed by atoms with Crippen LogP contribution in [-0.2, 0) is 33.3 Å². The molecule has 6 N–H and O–H groups in total. The Bertz CT molecular complexity index is 1250. The van der Waals surface area contributed by atoms with E-state index in [9.17, 15) is 40.2 Å². The molecule has 6 fully saturated rings. The van der Waals surface area contributed by atoms with Gasteiger partial charge < -0.3 is 59.1 Å². The summed E-state index contributed by atoms with van der Waals surface area (Å²) in [4.78, 5) is 25.0. The molecule has 13 heteroatoms. The number of ether oxygens (including phenoxy) is 5. The molecule has 3 aliphatic heterocycles. The molecule has 3 heterocycles. The number of aliphatic hydroxyl groups is 6. The lowest BCUT2D eigenvalue weighted by molar-refractivity contribution is -0.331. The minimum atomic E-state index is -1.50. The molecule has 47 heavy (non-hydrogen) atoms. The van der Waals surface area contributed by atoms with Crippen LogP contribution in [-0.4, -0.2) is 123 Å². The fourth-order valence-electron chi connectivity index (χ4n) is 11.0. The fourth-order valence-corrected chi connectivity index (χ4v) is 11.0. The predicted octanol–water partition coefficient (Wildman–Crippen LogP) is 0.243. The monoisotopic (exact) mass is 666 g/mol. The molecule has 0 bridgehead atoms. The van der Waals surface area contributed by atoms with Gasteiger partial charge in [-0.25, -0.2) is 4.79 Å². The molecule has 0 spiro atoms. The van der Waals surface area contributed by atoms with Gasteiger partial charge in [-0.15, -0.1) is 0 Å². The lowest BCUT2D eigenvalue weighted by atomic mass is 9.41. The summed E-state index contributed by atoms with van der Waals surface area (Å²) in [5.41, 5.74) is -2.86. The SMILES string of the molecule is C[C@H]1O[C@@H](O[C@H]2CC[C@]3(C=O)C4CC[C@]5(C)C(C6=CC(=O)OC6)CC[C@]5(O)C4CC[C@]3(O)C2)C[C@H](O)[C@@H]1O[C@@H]1OC[C@@H](O)[C@@H](O)[C@H]1O. The topological polar surface area (TPSA) is 202 Å². The number of fused-ring (bicyclic) bond motifs is 5. The predicted molar refractivity (Wildman–Crippen MR) is 160 cm³/mol. The standard InChI is InChI=1S/C34H50O13/c1-17-29(47-30-28(40)27(39)24(37)15-44-30)23(36)12-26(45-17)46-19-3-8-32(16-35)21-4-7-31(2)20(18-11-25(38)43-14-18)6-10-34(31,42)22(21)5-9-33(32,41)13-19/h11,16-17,19-24,26-30,36-37,39-42H,3-10,12-15H2,1-2H3/t17-,19+,20?,21?,22?,23+,24-,26+,27-,28-,29-,30+,31-,32+,33+,34+/m1/s1. The van der Waals surface area contributed by atoms with Gasteiger partial charge in [-0.1, -0.05) is 6.92 Å². The van der Waals surface area contributed by atoms with Crippen LogP contribution in [0.2, 0.25) is 0 Å². The highest BCUT2D eigenvalue weighted by Crippen LogP contribution is 2.70. The van der Waals surface area contributed by atoms with Crippen LogP contribution < -0.4 is 0 Å². The van der Waals surface area contributed by atoms with Gasteiger partial charge >= 0.3 is 5.97 Å². The van der Waals surface area contributed by atoms with Crippen molar-refractivity contribution in [3.8, 4) is 0 Å². The molecule has 16 atom stereocenters. The first-order valence-electron chi connectivity index (χ1n) is 17.3. The van der Waals surface area contributed by atoms with Crippen LogP contribution in [0.1, 0.15) is 78.1 Å². The van der Waals surface area contributed by atoms with E-state index in [0.717, 1.165) is 18.3 Å². The highest BCUT2D eigenvalue weighted by Gasteiger charge is 2.71. The summed E-state index contributed by atoms with van der Waals surface area (Å²) in [7, 11) is 0. The molecule has 0 amide bonds. The van der Waals surface area contributed by atoms with Gasteiger partial charge in [0.05, 0.1) is 41.5 Å². The molecule has 4 aliphatic carbocycles. The van der Waals surface area contributed by atoms with Crippen molar-refractivity contribution in [1.82, 2.24) is 0 Å². The quantitative estimate of drug-likeness (QED) is 0.128. The molecule has 7 rings (SSSR count). The van der Waals surface area contributed by atoms with Crippen molar-refractivity contribution in [2.24, 2.45) is 28.6 Å². The van der Waals surface area contributed by atoms with Gasteiger partial charge in [0, 0.05) is 24.3 Å². The zero-order valence-electron chi connectivity index (χ0n) is 27.1. The van der Waals surface area contributed by atoms with E-state index in [2.05, 4.69) is 6.92 Å². The maximum absolute atomic E-state index is 13.1. The molecule has 2 saturated heterocycles. The van der Waals surface area contributed by atoms with Crippen molar-refractivity contribution in [2.75, 3.05) is 13.2 Å². The maximum atomic E-state index is 13.1. The Balaban J connectivity index is 1.01. The fraction of sp³-hybridized carbons (Fsp3) is 0.882. The number of aldehydes is 1. The molecular formula is C34H50O13. The van der Waals surface area contributed by atoms with E-state index in [1.165, 1.54) is 0 Å². The van der Waals surface area contributed by atoms with E-state index in [1.54, 1.807) is 13.0 Å². The Labute approximate surface area is 274 Å². The zero-order chi connectivity index (χ0) is 33.5. The van der Waals surface area contributed by atoms with Gasteiger partial charge in [-0.05, 0) is 81.6 Å². The summed E-state index contributed by atoms with van der Waals surface area (Å²) < 4.78 is 28.7. The van der Waals surface area contributed by atoms with Crippen molar-refractivity contribution < 1.29 is 63.9 Å². The minimum Gasteiger partial charge on any atom is -0.458 e. The molecule has 7 aliphatic rings. The maximum Gasteiger partial charge on any atom is 0.331 e. The molecule has 0 aromatic carbocycles. The number of cyclic esters (lactones) is 1. The van der Waals surface area contributed by atoms with Crippen LogP contribution in [0.25, 0.3) is 0 Å². The number of carbonyl (C=O) groups excluding carboxylic acids is 2. The van der Waals surface area contributed by atoms with Crippen LogP contribution in [0, 0.1) is 28.6 Å². The molecule has 4 saturated carbocycles. The van der Waals surface area contributed by atoms with E-state index in [-0.39, 0.29) is 49.8 Å². The van der Waals surface area contributed by atoms with Crippen molar-refractivity contribution in [3.63, 3.8) is 0 Å². The smallest absolute Gasteiger partial charge is 0.331 e. The summed E-state index contributed by atoms with van der Waals surface area (Å²) in [5.74, 6) is -0.635. The first-order valence-corrected chi connectivity index (χ1v) is 17.3. The first-order chi connectivity index (χ1) is 22.2. The van der Waals surface area contributed by atoms with E-state index < -0.39 is 77.3 Å². The number of carbonyl (C=O) groups is 2. The summed E-state index contributed by atoms with van der Waals surface area (Å²) >= 11 is 0. The van der Waals surface area contributed by atoms with Crippen molar-refractivity contribution in [2.45, 2.75) is 145 Å². The van der Waals surface area contributed by atoms with E-state index in [4.69, 9.17) is 23.7 Å². The third kappa shape index (κ3) is 5.18. The van der Waals surface area contributed by atoms with Crippen LogP contribution in [0.3, 0.4) is 0 Å². The Hall–Kier alpha value is -1.52. The van der Waals surface area contributed by atoms with Gasteiger partial charge in [0.15, 0.2) is 12.6 Å². The number of hydrogen-bond acceptors (Lipinski definition) is 13. The largest absolute Gasteiger partial charge is 0.458 e. The van der Waals surface area contributed by atoms with Crippen LogP contribution in [0.4, 0.5) is 0 Å². The number of aliphatic hydroxyl groups excluding tert-OH is 4. The van der Waals surface area contributed by atoms with Gasteiger partial charge in [-0.2, -0.15) is 0 Å². The summed E-state index contributed by atoms with van der Waals surface area (Å²) in [6.07, 6.45) is -1.89. The minimum absolute atomic E-state index is 0.0370. The number of hydrogen-bond donors (Lipinski definition) is 6. The summed E-state index contributed by atoms with van der Waals surface area (Å²) in [6, 6.07) is 0. The second kappa shape index (κ2) is 12.1.